The molecule has 1 aromatic heterocycles. The van der Waals surface area contributed by atoms with Crippen LogP contribution in [0.2, 0.25) is 5.02 Å². The maximum absolute atomic E-state index is 13.1. The Labute approximate surface area is 206 Å². The van der Waals surface area contributed by atoms with Crippen molar-refractivity contribution in [3.8, 4) is 17.6 Å². The van der Waals surface area contributed by atoms with E-state index < -0.39 is 47.0 Å². The van der Waals surface area contributed by atoms with E-state index >= 15 is 0 Å². The Balaban J connectivity index is 1.78. The highest BCUT2D eigenvalue weighted by Crippen LogP contribution is 2.42. The van der Waals surface area contributed by atoms with Crippen LogP contribution in [0.4, 0.5) is 13.2 Å². The van der Waals surface area contributed by atoms with E-state index in [4.69, 9.17) is 21.6 Å². The van der Waals surface area contributed by atoms with Crippen LogP contribution in [0.3, 0.4) is 0 Å². The summed E-state index contributed by atoms with van der Waals surface area (Å²) in [5.74, 6) is -0.323. The summed E-state index contributed by atoms with van der Waals surface area (Å²) in [5, 5.41) is 9.48. The number of nitrogens with zero attached hydrogens (tertiary/aromatic N) is 1. The number of alkyl halides is 3. The molecule has 0 radical (unpaired) electrons. The summed E-state index contributed by atoms with van der Waals surface area (Å²) >= 11 is 6.98. The predicted octanol–water partition coefficient (Wildman–Crippen LogP) is 2.93. The first-order chi connectivity index (χ1) is 16.3. The lowest BCUT2D eigenvalue weighted by Gasteiger charge is -2.24. The van der Waals surface area contributed by atoms with E-state index in [1.165, 1.54) is 18.2 Å². The van der Waals surface area contributed by atoms with E-state index in [0.29, 0.717) is 35.1 Å². The highest BCUT2D eigenvalue weighted by Gasteiger charge is 2.34. The first-order valence-corrected chi connectivity index (χ1v) is 13.9. The van der Waals surface area contributed by atoms with E-state index in [2.05, 4.69) is 10.3 Å². The van der Waals surface area contributed by atoms with Crippen LogP contribution >= 0.6 is 30.5 Å². The molecule has 2 aromatic carbocycles. The summed E-state index contributed by atoms with van der Waals surface area (Å²) in [5.41, 5.74) is 1.53. The molecule has 0 amide bonds. The van der Waals surface area contributed by atoms with Gasteiger partial charge in [0, 0.05) is 6.07 Å². The minimum Gasteiger partial charge on any atom is -0.768 e. The van der Waals surface area contributed by atoms with E-state index in [-0.39, 0.29) is 9.23 Å². The van der Waals surface area contributed by atoms with Crippen molar-refractivity contribution in [3.05, 3.63) is 52.5 Å². The molecule has 0 aliphatic heterocycles. The number of nitriles is 1. The van der Waals surface area contributed by atoms with Gasteiger partial charge >= 0.3 is 6.18 Å². The maximum atomic E-state index is 13.1. The zero-order chi connectivity index (χ0) is 26.0. The Kier molecular flexibility index (Phi) is 8.02. The van der Waals surface area contributed by atoms with Gasteiger partial charge in [0.15, 0.2) is 7.60 Å². The molecule has 188 valence electrons. The molecule has 0 spiro atoms. The van der Waals surface area contributed by atoms with Crippen LogP contribution < -0.4 is 24.6 Å². The average Bonchev–Trinajstić information content (AvgIpc) is 3.21. The largest absolute Gasteiger partial charge is 0.768 e. The van der Waals surface area contributed by atoms with Crippen LogP contribution in [0.5, 0.6) is 11.5 Å². The first kappa shape index (κ1) is 27.2. The molecule has 0 fully saturated rings. The van der Waals surface area contributed by atoms with Crippen molar-refractivity contribution in [2.45, 2.75) is 10.4 Å². The third kappa shape index (κ3) is 6.65. The van der Waals surface area contributed by atoms with Crippen LogP contribution in [0.25, 0.3) is 10.1 Å². The number of nitrogens with one attached hydrogen (secondary N) is 1. The molecular formula is C19H16ClF3N3O6PS2. The van der Waals surface area contributed by atoms with Crippen LogP contribution in [-0.2, 0) is 20.8 Å². The number of ether oxygens (including phenoxy) is 1. The highest BCUT2D eigenvalue weighted by molar-refractivity contribution is 7.92. The van der Waals surface area contributed by atoms with Crippen LogP contribution in [0.15, 0.2) is 40.6 Å². The second kappa shape index (κ2) is 10.3. The summed E-state index contributed by atoms with van der Waals surface area (Å²) in [6.07, 6.45) is -6.17. The number of halogens is 4. The number of thiophene rings is 1. The van der Waals surface area contributed by atoms with E-state index in [1.807, 2.05) is 4.72 Å². The van der Waals surface area contributed by atoms with Crippen LogP contribution in [0.1, 0.15) is 11.1 Å². The van der Waals surface area contributed by atoms with Crippen molar-refractivity contribution >= 4 is 50.6 Å². The van der Waals surface area contributed by atoms with Gasteiger partial charge in [-0.25, -0.2) is 13.1 Å². The average molecular weight is 570 g/mol. The summed E-state index contributed by atoms with van der Waals surface area (Å²) in [7, 11) is -9.38. The summed E-state index contributed by atoms with van der Waals surface area (Å²) < 4.78 is 88.9. The molecule has 1 unspecified atom stereocenters. The zero-order valence-electron chi connectivity index (χ0n) is 17.5. The standard InChI is InChI=1S/C19H16ClF3N3O6PS2/c20-16-8-14(31-4-3-24)5-12-6-17(34-18(12)16)35(29,30)26-10-33(27,28)32-13-2-1-11(9-25)15(7-13)19(21,22)23/h1-2,5-8,26H,3-4,10,24H2,(H,27,28). The van der Waals surface area contributed by atoms with Crippen LogP contribution in [-0.4, -0.2) is 27.9 Å². The van der Waals surface area contributed by atoms with E-state index in [1.54, 1.807) is 6.07 Å². The normalized spacial score (nSPS) is 13.9. The van der Waals surface area contributed by atoms with Crippen molar-refractivity contribution in [2.75, 3.05) is 19.4 Å². The lowest BCUT2D eigenvalue weighted by molar-refractivity contribution is -0.370. The fourth-order valence-electron chi connectivity index (χ4n) is 2.81. The third-order valence-electron chi connectivity index (χ3n) is 4.31. The van der Waals surface area contributed by atoms with Gasteiger partial charge in [0.25, 0.3) is 10.0 Å². The van der Waals surface area contributed by atoms with Crippen molar-refractivity contribution in [1.82, 2.24) is 4.72 Å². The Morgan fingerprint density at radius 3 is 2.57 bits per heavy atom. The fourth-order valence-corrected chi connectivity index (χ4v) is 7.02. The molecule has 0 saturated heterocycles. The minimum absolute atomic E-state index is 0.229. The number of hydrogen-bond acceptors (Lipinski definition) is 8. The van der Waals surface area contributed by atoms with Crippen LogP contribution in [0, 0.1) is 11.3 Å². The Hall–Kier alpha value is -2.37. The van der Waals surface area contributed by atoms with Gasteiger partial charge in [-0.15, -0.1) is 11.3 Å². The molecule has 35 heavy (non-hydrogen) atoms. The molecule has 0 aliphatic rings. The second-order valence-electron chi connectivity index (χ2n) is 6.92. The number of benzene rings is 2. The molecule has 1 heterocycles. The van der Waals surface area contributed by atoms with Gasteiger partial charge in [-0.1, -0.05) is 11.6 Å². The van der Waals surface area contributed by atoms with Gasteiger partial charge in [0.2, 0.25) is 0 Å². The molecule has 9 nitrogen and oxygen atoms in total. The van der Waals surface area contributed by atoms with Crippen molar-refractivity contribution in [1.29, 1.82) is 5.26 Å². The van der Waals surface area contributed by atoms with E-state index in [0.717, 1.165) is 23.5 Å². The topological polar surface area (TPSA) is 156 Å². The molecule has 1 atom stereocenters. The van der Waals surface area contributed by atoms with E-state index in [9.17, 15) is 31.0 Å². The van der Waals surface area contributed by atoms with Crippen molar-refractivity contribution in [3.63, 3.8) is 0 Å². The SMILES string of the molecule is N#Cc1ccc(OP(=O)([O-])CNS(=O)(=O)c2cc3cc(OCC[NH3+])cc(Cl)c3s2)cc1C(F)(F)F. The van der Waals surface area contributed by atoms with Gasteiger partial charge in [0.1, 0.15) is 28.9 Å². The molecule has 0 aliphatic carbocycles. The fraction of sp³-hybridized carbons (Fsp3) is 0.211. The monoisotopic (exact) mass is 569 g/mol. The molecule has 4 N–H and O–H groups in total. The Morgan fingerprint density at radius 2 is 1.94 bits per heavy atom. The highest BCUT2D eigenvalue weighted by atomic mass is 35.5. The molecule has 0 bridgehead atoms. The third-order valence-corrected chi connectivity index (χ3v) is 9.03. The molecule has 3 rings (SSSR count). The number of hydrogen-bond donors (Lipinski definition) is 2. The van der Waals surface area contributed by atoms with Crippen molar-refractivity contribution in [2.24, 2.45) is 0 Å². The smallest absolute Gasteiger partial charge is 0.417 e. The summed E-state index contributed by atoms with van der Waals surface area (Å²) in [6, 6.07) is 7.65. The van der Waals surface area contributed by atoms with Gasteiger partial charge in [-0.3, -0.25) is 4.57 Å². The van der Waals surface area contributed by atoms with Gasteiger partial charge in [0.05, 0.1) is 33.2 Å². The van der Waals surface area contributed by atoms with Gasteiger partial charge in [-0.05, 0) is 35.7 Å². The van der Waals surface area contributed by atoms with Crippen molar-refractivity contribution < 1.29 is 46.0 Å². The quantitative estimate of drug-likeness (QED) is 0.375. The lowest BCUT2D eigenvalue weighted by atomic mass is 10.1. The zero-order valence-corrected chi connectivity index (χ0v) is 20.7. The predicted molar refractivity (Wildman–Crippen MR) is 120 cm³/mol. The van der Waals surface area contributed by atoms with Gasteiger partial charge < -0.3 is 19.9 Å². The minimum atomic E-state index is -5.03. The lowest BCUT2D eigenvalue weighted by Crippen LogP contribution is -2.52. The number of fused-ring (bicyclic) bond motifs is 1. The second-order valence-corrected chi connectivity index (χ2v) is 12.1. The number of quaternary nitrogens is 1. The van der Waals surface area contributed by atoms with Gasteiger partial charge in [-0.2, -0.15) is 18.4 Å². The first-order valence-electron chi connectivity index (χ1n) is 9.51. The number of sulfonamides is 1. The molecule has 0 saturated carbocycles. The molecule has 3 aromatic rings. The molecule has 16 heteroatoms. The number of rotatable bonds is 9. The maximum Gasteiger partial charge on any atom is 0.417 e. The summed E-state index contributed by atoms with van der Waals surface area (Å²) in [4.78, 5) is 12.3. The molecular weight excluding hydrogens is 554 g/mol. The Bertz CT molecular complexity index is 1460. The summed E-state index contributed by atoms with van der Waals surface area (Å²) in [6.45, 7) is 0.821. The Morgan fingerprint density at radius 1 is 1.23 bits per heavy atom.